The molecule has 0 fully saturated rings. The van der Waals surface area contributed by atoms with Crippen LogP contribution in [0, 0.1) is 0 Å². The molecule has 1 atom stereocenters. The van der Waals surface area contributed by atoms with Gasteiger partial charge in [-0.05, 0) is 18.6 Å². The number of nitrogens with zero attached hydrogens (tertiary/aromatic N) is 1. The molecule has 0 spiro atoms. The summed E-state index contributed by atoms with van der Waals surface area (Å²) in [5, 5.41) is 0. The number of likely N-dealkylation sites (N-methyl/N-ethyl adjacent to an activating group) is 1. The summed E-state index contributed by atoms with van der Waals surface area (Å²) < 4.78 is 11.0. The number of fused-ring (bicyclic) bond motifs is 1. The van der Waals surface area contributed by atoms with Crippen LogP contribution in [0.3, 0.4) is 0 Å². The number of benzene rings is 1. The molecule has 2 rings (SSSR count). The first kappa shape index (κ1) is 13.0. The Morgan fingerprint density at radius 1 is 1.56 bits per heavy atom. The van der Waals surface area contributed by atoms with Crippen molar-refractivity contribution in [3.63, 3.8) is 0 Å². The Morgan fingerprint density at radius 2 is 2.33 bits per heavy atom. The van der Waals surface area contributed by atoms with Crippen LogP contribution in [0.1, 0.15) is 16.8 Å². The van der Waals surface area contributed by atoms with Gasteiger partial charge in [0.15, 0.2) is 0 Å². The predicted molar refractivity (Wildman–Crippen MR) is 69.7 cm³/mol. The van der Waals surface area contributed by atoms with Crippen molar-refractivity contribution in [1.29, 1.82) is 0 Å². The summed E-state index contributed by atoms with van der Waals surface area (Å²) in [6.07, 6.45) is 0.625. The summed E-state index contributed by atoms with van der Waals surface area (Å²) >= 11 is 5.75. The number of methoxy groups -OCH3 is 1. The fourth-order valence-electron chi connectivity index (χ4n) is 1.99. The Bertz CT molecular complexity index is 450. The summed E-state index contributed by atoms with van der Waals surface area (Å²) in [6.45, 7) is 0.544. The van der Waals surface area contributed by atoms with Crippen molar-refractivity contribution in [3.8, 4) is 11.5 Å². The van der Waals surface area contributed by atoms with Crippen molar-refractivity contribution >= 4 is 17.5 Å². The normalized spacial score (nSPS) is 18.9. The molecule has 1 amide bonds. The molecule has 1 unspecified atom stereocenters. The summed E-state index contributed by atoms with van der Waals surface area (Å²) in [7, 11) is 3.36. The first-order chi connectivity index (χ1) is 8.65. The molecule has 0 aliphatic carbocycles. The number of ether oxygens (including phenoxy) is 2. The van der Waals surface area contributed by atoms with Gasteiger partial charge in [0.1, 0.15) is 17.6 Å². The third-order valence-electron chi connectivity index (χ3n) is 2.97. The lowest BCUT2D eigenvalue weighted by molar-refractivity contribution is 0.0759. The summed E-state index contributed by atoms with van der Waals surface area (Å²) in [4.78, 5) is 13.8. The highest BCUT2D eigenvalue weighted by Crippen LogP contribution is 2.29. The van der Waals surface area contributed by atoms with E-state index in [1.807, 2.05) is 0 Å². The van der Waals surface area contributed by atoms with Crippen LogP contribution in [0.4, 0.5) is 0 Å². The van der Waals surface area contributed by atoms with Crippen molar-refractivity contribution in [1.82, 2.24) is 4.90 Å². The van der Waals surface area contributed by atoms with Crippen LogP contribution in [-0.4, -0.2) is 43.5 Å². The number of rotatable bonds is 3. The Balaban J connectivity index is 2.37. The second-order valence-corrected chi connectivity index (χ2v) is 4.64. The minimum atomic E-state index is -0.0789. The molecule has 18 heavy (non-hydrogen) atoms. The maximum atomic E-state index is 12.2. The Hall–Kier alpha value is -1.42. The smallest absolute Gasteiger partial charge is 0.257 e. The molecule has 0 bridgehead atoms. The maximum Gasteiger partial charge on any atom is 0.257 e. The highest BCUT2D eigenvalue weighted by molar-refractivity contribution is 6.17. The van der Waals surface area contributed by atoms with Crippen molar-refractivity contribution < 1.29 is 14.3 Å². The van der Waals surface area contributed by atoms with Gasteiger partial charge in [-0.25, -0.2) is 0 Å². The van der Waals surface area contributed by atoms with Gasteiger partial charge in [0.05, 0.1) is 19.2 Å². The molecule has 98 valence electrons. The van der Waals surface area contributed by atoms with Gasteiger partial charge in [0.25, 0.3) is 5.91 Å². The molecule has 1 aromatic carbocycles. The Kier molecular flexibility index (Phi) is 3.97. The third kappa shape index (κ3) is 2.53. The molecule has 1 aliphatic heterocycles. The molecular formula is C13H16ClNO3. The highest BCUT2D eigenvalue weighted by Gasteiger charge is 2.26. The fourth-order valence-corrected chi connectivity index (χ4v) is 2.23. The summed E-state index contributed by atoms with van der Waals surface area (Å²) in [5.41, 5.74) is 0.565. The molecule has 1 aliphatic rings. The zero-order valence-corrected chi connectivity index (χ0v) is 11.2. The number of amides is 1. The molecule has 4 nitrogen and oxygen atoms in total. The van der Waals surface area contributed by atoms with Crippen LogP contribution in [0.5, 0.6) is 11.5 Å². The first-order valence-corrected chi connectivity index (χ1v) is 6.35. The maximum absolute atomic E-state index is 12.2. The van der Waals surface area contributed by atoms with Crippen LogP contribution >= 0.6 is 11.6 Å². The largest absolute Gasteiger partial charge is 0.497 e. The topological polar surface area (TPSA) is 38.8 Å². The first-order valence-electron chi connectivity index (χ1n) is 5.82. The van der Waals surface area contributed by atoms with E-state index in [0.717, 1.165) is 0 Å². The van der Waals surface area contributed by atoms with Crippen LogP contribution in [0.15, 0.2) is 18.2 Å². The quantitative estimate of drug-likeness (QED) is 0.790. The second-order valence-electron chi connectivity index (χ2n) is 4.27. The predicted octanol–water partition coefficient (Wildman–Crippen LogP) is 2.16. The average Bonchev–Trinajstić information content (AvgIpc) is 2.48. The molecule has 0 saturated carbocycles. The third-order valence-corrected chi connectivity index (χ3v) is 3.19. The minimum Gasteiger partial charge on any atom is -0.497 e. The van der Waals surface area contributed by atoms with E-state index in [9.17, 15) is 4.79 Å². The molecule has 1 heterocycles. The van der Waals surface area contributed by atoms with Gasteiger partial charge >= 0.3 is 0 Å². The SMILES string of the molecule is COc1ccc2c(c1)OC(CCCl)CN(C)C2=O. The van der Waals surface area contributed by atoms with Gasteiger partial charge in [-0.1, -0.05) is 0 Å². The Morgan fingerprint density at radius 3 is 3.00 bits per heavy atom. The minimum absolute atomic E-state index is 0.0373. The van der Waals surface area contributed by atoms with Gasteiger partial charge in [-0.2, -0.15) is 0 Å². The van der Waals surface area contributed by atoms with Crippen LogP contribution < -0.4 is 9.47 Å². The van der Waals surface area contributed by atoms with E-state index in [4.69, 9.17) is 21.1 Å². The van der Waals surface area contributed by atoms with E-state index in [0.29, 0.717) is 35.9 Å². The summed E-state index contributed by atoms with van der Waals surface area (Å²) in [6, 6.07) is 5.24. The van der Waals surface area contributed by atoms with Gasteiger partial charge < -0.3 is 14.4 Å². The van der Waals surface area contributed by atoms with Crippen molar-refractivity contribution in [2.45, 2.75) is 12.5 Å². The molecule has 0 radical (unpaired) electrons. The van der Waals surface area contributed by atoms with E-state index < -0.39 is 0 Å². The van der Waals surface area contributed by atoms with Gasteiger partial charge in [-0.15, -0.1) is 11.6 Å². The second kappa shape index (κ2) is 5.48. The zero-order chi connectivity index (χ0) is 13.1. The molecule has 5 heteroatoms. The molecular weight excluding hydrogens is 254 g/mol. The van der Waals surface area contributed by atoms with E-state index in [1.54, 1.807) is 37.3 Å². The Labute approximate surface area is 111 Å². The van der Waals surface area contributed by atoms with Crippen molar-refractivity contribution in [3.05, 3.63) is 23.8 Å². The molecule has 0 saturated heterocycles. The van der Waals surface area contributed by atoms with E-state index in [-0.39, 0.29) is 12.0 Å². The van der Waals surface area contributed by atoms with Gasteiger partial charge in [0.2, 0.25) is 0 Å². The number of hydrogen-bond donors (Lipinski definition) is 0. The number of alkyl halides is 1. The van der Waals surface area contributed by atoms with E-state index >= 15 is 0 Å². The van der Waals surface area contributed by atoms with Crippen LogP contribution in [0.25, 0.3) is 0 Å². The fraction of sp³-hybridized carbons (Fsp3) is 0.462. The number of halogens is 1. The molecule has 0 N–H and O–H groups in total. The monoisotopic (exact) mass is 269 g/mol. The number of carbonyl (C=O) groups excluding carboxylic acids is 1. The molecule has 0 aromatic heterocycles. The number of carbonyl (C=O) groups is 1. The standard InChI is InChI=1S/C13H16ClNO3/c1-15-8-10(5-6-14)18-12-7-9(17-2)3-4-11(12)13(15)16/h3-4,7,10H,5-6,8H2,1-2H3. The average molecular weight is 270 g/mol. The van der Waals surface area contributed by atoms with E-state index in [2.05, 4.69) is 0 Å². The lowest BCUT2D eigenvalue weighted by Crippen LogP contribution is -2.34. The number of hydrogen-bond acceptors (Lipinski definition) is 3. The van der Waals surface area contributed by atoms with Gasteiger partial charge in [0, 0.05) is 19.0 Å². The van der Waals surface area contributed by atoms with Crippen LogP contribution in [-0.2, 0) is 0 Å². The summed E-state index contributed by atoms with van der Waals surface area (Å²) in [5.74, 6) is 1.71. The zero-order valence-electron chi connectivity index (χ0n) is 10.5. The van der Waals surface area contributed by atoms with E-state index in [1.165, 1.54) is 0 Å². The lowest BCUT2D eigenvalue weighted by Gasteiger charge is -2.19. The van der Waals surface area contributed by atoms with Gasteiger partial charge in [-0.3, -0.25) is 4.79 Å². The van der Waals surface area contributed by atoms with Crippen LogP contribution in [0.2, 0.25) is 0 Å². The van der Waals surface area contributed by atoms with Crippen molar-refractivity contribution in [2.24, 2.45) is 0 Å². The lowest BCUT2D eigenvalue weighted by atomic mass is 10.1. The van der Waals surface area contributed by atoms with Crippen molar-refractivity contribution in [2.75, 3.05) is 26.6 Å². The molecule has 1 aromatic rings. The highest BCUT2D eigenvalue weighted by atomic mass is 35.5.